The summed E-state index contributed by atoms with van der Waals surface area (Å²) in [6, 6.07) is 9.37. The maximum atomic E-state index is 12.7. The van der Waals surface area contributed by atoms with Crippen LogP contribution in [-0.2, 0) is 16.1 Å². The molecule has 0 aliphatic heterocycles. The number of carbonyl (C=O) groups is 2. The van der Waals surface area contributed by atoms with Crippen molar-refractivity contribution < 1.29 is 14.7 Å². The van der Waals surface area contributed by atoms with E-state index in [9.17, 15) is 19.5 Å². The zero-order chi connectivity index (χ0) is 21.0. The zero-order valence-electron chi connectivity index (χ0n) is 16.0. The highest BCUT2D eigenvalue weighted by Crippen LogP contribution is 2.22. The van der Waals surface area contributed by atoms with Crippen LogP contribution in [0.2, 0.25) is 0 Å². The van der Waals surface area contributed by atoms with Gasteiger partial charge in [-0.1, -0.05) is 37.7 Å². The van der Waals surface area contributed by atoms with Crippen molar-refractivity contribution in [2.45, 2.75) is 37.9 Å². The summed E-state index contributed by atoms with van der Waals surface area (Å²) in [7, 11) is 0. The number of rotatable bonds is 8. The number of nitrogens with zero attached hydrogens (tertiary/aromatic N) is 2. The molecule has 0 aliphatic rings. The average molecular weight is 431 g/mol. The fourth-order valence-electron chi connectivity index (χ4n) is 2.71. The third-order valence-corrected chi connectivity index (χ3v) is 6.13. The molecule has 29 heavy (non-hydrogen) atoms. The number of thioether (sulfide) groups is 1. The van der Waals surface area contributed by atoms with Gasteiger partial charge in [0.2, 0.25) is 5.91 Å². The van der Waals surface area contributed by atoms with Gasteiger partial charge in [-0.15, -0.1) is 11.3 Å². The Hall–Kier alpha value is -2.65. The van der Waals surface area contributed by atoms with Crippen molar-refractivity contribution in [1.82, 2.24) is 9.55 Å². The SMILES string of the molecule is CC(C)c1ccc(NC(=O)CSc2nc3ccsc3c(=O)n2CCC(=O)[O-])cc1. The summed E-state index contributed by atoms with van der Waals surface area (Å²) >= 11 is 2.35. The molecule has 0 saturated heterocycles. The van der Waals surface area contributed by atoms with Gasteiger partial charge < -0.3 is 15.2 Å². The molecule has 2 heterocycles. The Kier molecular flexibility index (Phi) is 6.71. The molecule has 9 heteroatoms. The molecule has 0 unspecified atom stereocenters. The minimum atomic E-state index is -1.25. The van der Waals surface area contributed by atoms with Gasteiger partial charge in [-0.3, -0.25) is 14.2 Å². The topological polar surface area (TPSA) is 104 Å². The van der Waals surface area contributed by atoms with Crippen molar-refractivity contribution in [1.29, 1.82) is 0 Å². The molecule has 0 bridgehead atoms. The third kappa shape index (κ3) is 5.24. The molecule has 0 atom stereocenters. The number of carboxylic acid groups (broad SMARTS) is 1. The molecule has 0 spiro atoms. The lowest BCUT2D eigenvalue weighted by atomic mass is 10.0. The Labute approximate surface area is 175 Å². The number of fused-ring (bicyclic) bond motifs is 1. The largest absolute Gasteiger partial charge is 0.550 e. The summed E-state index contributed by atoms with van der Waals surface area (Å²) < 4.78 is 1.76. The summed E-state index contributed by atoms with van der Waals surface area (Å²) in [6.07, 6.45) is -0.305. The van der Waals surface area contributed by atoms with E-state index in [0.29, 0.717) is 27.0 Å². The number of amides is 1. The lowest BCUT2D eigenvalue weighted by Crippen LogP contribution is -2.29. The van der Waals surface area contributed by atoms with E-state index < -0.39 is 5.97 Å². The van der Waals surface area contributed by atoms with Crippen LogP contribution in [0.5, 0.6) is 0 Å². The van der Waals surface area contributed by atoms with Gasteiger partial charge >= 0.3 is 0 Å². The van der Waals surface area contributed by atoms with Gasteiger partial charge in [0.05, 0.1) is 11.3 Å². The minimum absolute atomic E-state index is 0.0410. The molecular formula is C20H20N3O4S2-. The molecular weight excluding hydrogens is 410 g/mol. The van der Waals surface area contributed by atoms with E-state index in [1.165, 1.54) is 21.5 Å². The van der Waals surface area contributed by atoms with Crippen LogP contribution < -0.4 is 16.0 Å². The van der Waals surface area contributed by atoms with E-state index in [4.69, 9.17) is 0 Å². The fourth-order valence-corrected chi connectivity index (χ4v) is 4.32. The van der Waals surface area contributed by atoms with E-state index in [1.807, 2.05) is 24.3 Å². The smallest absolute Gasteiger partial charge is 0.272 e. The van der Waals surface area contributed by atoms with Gasteiger partial charge in [0.15, 0.2) is 5.16 Å². The van der Waals surface area contributed by atoms with Crippen LogP contribution in [-0.4, -0.2) is 27.2 Å². The maximum absolute atomic E-state index is 12.7. The number of aliphatic carboxylic acids is 1. The zero-order valence-corrected chi connectivity index (χ0v) is 17.6. The molecule has 1 amide bonds. The van der Waals surface area contributed by atoms with Crippen molar-refractivity contribution >= 4 is 50.9 Å². The highest BCUT2D eigenvalue weighted by molar-refractivity contribution is 7.99. The first-order valence-electron chi connectivity index (χ1n) is 9.05. The minimum Gasteiger partial charge on any atom is -0.550 e. The molecule has 1 N–H and O–H groups in total. The Morgan fingerprint density at radius 2 is 1.97 bits per heavy atom. The second-order valence-corrected chi connectivity index (χ2v) is 8.58. The van der Waals surface area contributed by atoms with Crippen molar-refractivity contribution in [2.75, 3.05) is 11.1 Å². The number of carbonyl (C=O) groups excluding carboxylic acids is 2. The number of thiophene rings is 1. The highest BCUT2D eigenvalue weighted by Gasteiger charge is 2.14. The Balaban J connectivity index is 1.73. The Morgan fingerprint density at radius 1 is 1.24 bits per heavy atom. The molecule has 7 nitrogen and oxygen atoms in total. The molecule has 0 aliphatic carbocycles. The van der Waals surface area contributed by atoms with Gasteiger partial charge in [-0.05, 0) is 35.1 Å². The van der Waals surface area contributed by atoms with E-state index >= 15 is 0 Å². The summed E-state index contributed by atoms with van der Waals surface area (Å²) in [6.45, 7) is 4.14. The first kappa shape index (κ1) is 21.1. The van der Waals surface area contributed by atoms with E-state index in [1.54, 1.807) is 11.4 Å². The molecule has 0 radical (unpaired) electrons. The number of nitrogens with one attached hydrogen (secondary N) is 1. The molecule has 152 valence electrons. The number of benzene rings is 1. The molecule has 1 aromatic carbocycles. The van der Waals surface area contributed by atoms with Gasteiger partial charge in [-0.25, -0.2) is 4.98 Å². The van der Waals surface area contributed by atoms with Crippen LogP contribution in [0.4, 0.5) is 5.69 Å². The van der Waals surface area contributed by atoms with Crippen LogP contribution >= 0.6 is 23.1 Å². The van der Waals surface area contributed by atoms with Crippen LogP contribution in [0, 0.1) is 0 Å². The van der Waals surface area contributed by atoms with Crippen molar-refractivity contribution in [3.8, 4) is 0 Å². The summed E-state index contributed by atoms with van der Waals surface area (Å²) in [5.74, 6) is -1.04. The first-order chi connectivity index (χ1) is 13.8. The quantitative estimate of drug-likeness (QED) is 0.435. The maximum Gasteiger partial charge on any atom is 0.272 e. The fraction of sp³-hybridized carbons (Fsp3) is 0.300. The van der Waals surface area contributed by atoms with Crippen LogP contribution in [0.25, 0.3) is 10.2 Å². The highest BCUT2D eigenvalue weighted by atomic mass is 32.2. The van der Waals surface area contributed by atoms with E-state index in [2.05, 4.69) is 24.1 Å². The number of aromatic nitrogens is 2. The number of anilines is 1. The second kappa shape index (κ2) is 9.23. The predicted molar refractivity (Wildman–Crippen MR) is 113 cm³/mol. The average Bonchev–Trinajstić information content (AvgIpc) is 3.15. The van der Waals surface area contributed by atoms with E-state index in [0.717, 1.165) is 11.8 Å². The van der Waals surface area contributed by atoms with Gasteiger partial charge in [0.1, 0.15) is 4.70 Å². The van der Waals surface area contributed by atoms with Crippen LogP contribution in [0.1, 0.15) is 31.7 Å². The lowest BCUT2D eigenvalue weighted by molar-refractivity contribution is -0.306. The second-order valence-electron chi connectivity index (χ2n) is 6.72. The van der Waals surface area contributed by atoms with Gasteiger partial charge in [0.25, 0.3) is 5.56 Å². The number of hydrogen-bond acceptors (Lipinski definition) is 7. The van der Waals surface area contributed by atoms with Gasteiger partial charge in [0, 0.05) is 24.6 Å². The normalized spacial score (nSPS) is 11.1. The van der Waals surface area contributed by atoms with Crippen molar-refractivity contribution in [3.63, 3.8) is 0 Å². The number of carboxylic acids is 1. The molecule has 3 rings (SSSR count). The Morgan fingerprint density at radius 3 is 2.62 bits per heavy atom. The monoisotopic (exact) mass is 430 g/mol. The molecule has 3 aromatic rings. The van der Waals surface area contributed by atoms with Crippen molar-refractivity contribution in [3.05, 3.63) is 51.6 Å². The molecule has 2 aromatic heterocycles. The summed E-state index contributed by atoms with van der Waals surface area (Å²) in [5.41, 5.74) is 2.11. The van der Waals surface area contributed by atoms with Crippen molar-refractivity contribution in [2.24, 2.45) is 0 Å². The van der Waals surface area contributed by atoms with Crippen LogP contribution in [0.15, 0.2) is 45.7 Å². The summed E-state index contributed by atoms with van der Waals surface area (Å²) in [4.78, 5) is 40.2. The number of hydrogen-bond donors (Lipinski definition) is 1. The van der Waals surface area contributed by atoms with Gasteiger partial charge in [-0.2, -0.15) is 0 Å². The standard InChI is InChI=1S/C20H21N3O4S2/c1-12(2)13-3-5-14(6-4-13)21-16(24)11-29-20-22-15-8-10-28-18(15)19(27)23(20)9-7-17(25)26/h3-6,8,10,12H,7,9,11H2,1-2H3,(H,21,24)(H,25,26)/p-1. The Bertz CT molecular complexity index is 1090. The third-order valence-electron chi connectivity index (χ3n) is 4.26. The lowest BCUT2D eigenvalue weighted by Gasteiger charge is -2.12. The first-order valence-corrected chi connectivity index (χ1v) is 10.9. The van der Waals surface area contributed by atoms with E-state index in [-0.39, 0.29) is 30.2 Å². The molecule has 0 fully saturated rings. The predicted octanol–water partition coefficient (Wildman–Crippen LogP) is 2.45. The molecule has 0 saturated carbocycles. The summed E-state index contributed by atoms with van der Waals surface area (Å²) in [5, 5.41) is 15.7. The van der Waals surface area contributed by atoms with Crippen LogP contribution in [0.3, 0.4) is 0 Å².